The Morgan fingerprint density at radius 2 is 2.24 bits per heavy atom. The minimum absolute atomic E-state index is 0.00442. The minimum Gasteiger partial charge on any atom is -0.457 e. The fourth-order valence-electron chi connectivity index (χ4n) is 4.20. The molecule has 2 atom stereocenters. The van der Waals surface area contributed by atoms with Gasteiger partial charge in [0.25, 0.3) is 0 Å². The molecular formula is C23H26N8O2. The molecule has 170 valence electrons. The van der Waals surface area contributed by atoms with E-state index < -0.39 is 0 Å². The van der Waals surface area contributed by atoms with Crippen LogP contribution in [0.4, 0.5) is 5.95 Å². The molecule has 5 N–H and O–H groups in total. The Morgan fingerprint density at radius 1 is 1.42 bits per heavy atom. The summed E-state index contributed by atoms with van der Waals surface area (Å²) in [5.74, 6) is -0.000647. The number of nitrogens with zero attached hydrogens (tertiary/aromatic N) is 5. The van der Waals surface area contributed by atoms with E-state index in [0.29, 0.717) is 43.1 Å². The summed E-state index contributed by atoms with van der Waals surface area (Å²) in [5, 5.41) is 12.5. The molecule has 2 aliphatic rings. The second-order valence-corrected chi connectivity index (χ2v) is 8.18. The maximum absolute atomic E-state index is 11.9. The highest BCUT2D eigenvalue weighted by Crippen LogP contribution is 2.30. The van der Waals surface area contributed by atoms with Crippen LogP contribution < -0.4 is 16.8 Å². The summed E-state index contributed by atoms with van der Waals surface area (Å²) < 4.78 is 5.18. The number of nitriles is 1. The molecule has 0 aliphatic carbocycles. The van der Waals surface area contributed by atoms with Crippen LogP contribution in [0.3, 0.4) is 0 Å². The van der Waals surface area contributed by atoms with Gasteiger partial charge in [0.1, 0.15) is 12.7 Å². The van der Waals surface area contributed by atoms with E-state index >= 15 is 0 Å². The molecule has 0 amide bonds. The summed E-state index contributed by atoms with van der Waals surface area (Å²) in [6.45, 7) is 5.96. The molecule has 10 nitrogen and oxygen atoms in total. The first-order valence-electron chi connectivity index (χ1n) is 10.6. The molecule has 1 aromatic carbocycles. The van der Waals surface area contributed by atoms with Crippen LogP contribution >= 0.6 is 0 Å². The van der Waals surface area contributed by atoms with Crippen molar-refractivity contribution in [2.45, 2.75) is 32.7 Å². The summed E-state index contributed by atoms with van der Waals surface area (Å²) in [4.78, 5) is 26.7. The molecule has 1 aromatic heterocycles. The average Bonchev–Trinajstić information content (AvgIpc) is 3.18. The zero-order valence-corrected chi connectivity index (χ0v) is 18.6. The molecule has 2 aromatic rings. The molecule has 2 aliphatic heterocycles. The zero-order chi connectivity index (χ0) is 23.5. The third kappa shape index (κ3) is 4.75. The maximum Gasteiger partial charge on any atom is 0.338 e. The standard InChI is InChI=1S/C23H26N8O2/c1-13-17(3-4-18-19(13)12-33-22(18)32)20-10-31(11-21(26)30-20)9-15(5-24)7-27-23-28-8-16(6-25)14(2)29-23/h3-5,7-8,20-21,30H,9-12,24,26H2,1-2H3/t20-,21+/m0/s1. The molecule has 4 rings (SSSR count). The predicted octanol–water partition coefficient (Wildman–Crippen LogP) is 1.11. The lowest BCUT2D eigenvalue weighted by Crippen LogP contribution is -2.56. The Bertz CT molecular complexity index is 1180. The molecule has 0 radical (unpaired) electrons. The van der Waals surface area contributed by atoms with E-state index in [0.717, 1.165) is 22.3 Å². The Hall–Kier alpha value is -3.65. The fourth-order valence-corrected chi connectivity index (χ4v) is 4.20. The van der Waals surface area contributed by atoms with Crippen molar-refractivity contribution in [3.05, 3.63) is 63.6 Å². The normalized spacial score (nSPS) is 21.2. The largest absolute Gasteiger partial charge is 0.457 e. The van der Waals surface area contributed by atoms with E-state index in [-0.39, 0.29) is 24.1 Å². The predicted molar refractivity (Wildman–Crippen MR) is 122 cm³/mol. The van der Waals surface area contributed by atoms with E-state index in [9.17, 15) is 4.79 Å². The smallest absolute Gasteiger partial charge is 0.338 e. The molecule has 0 spiro atoms. The van der Waals surface area contributed by atoms with Crippen LogP contribution in [0, 0.1) is 25.2 Å². The Balaban J connectivity index is 1.47. The van der Waals surface area contributed by atoms with E-state index in [1.54, 1.807) is 13.1 Å². The van der Waals surface area contributed by atoms with Crippen molar-refractivity contribution in [3.8, 4) is 6.07 Å². The SMILES string of the molecule is Cc1nc(N=CC(=CN)CN2C[C@@H](c3ccc4c(c3C)COC4=O)N[C@@H](N)C2)ncc1C#N. The van der Waals surface area contributed by atoms with E-state index in [4.69, 9.17) is 21.5 Å². The van der Waals surface area contributed by atoms with Gasteiger partial charge in [-0.25, -0.2) is 19.8 Å². The molecule has 10 heteroatoms. The first-order valence-corrected chi connectivity index (χ1v) is 10.6. The number of aromatic nitrogens is 2. The number of nitrogens with two attached hydrogens (primary N) is 2. The molecule has 0 unspecified atom stereocenters. The number of hydrogen-bond acceptors (Lipinski definition) is 10. The van der Waals surface area contributed by atoms with Gasteiger partial charge in [-0.3, -0.25) is 10.2 Å². The zero-order valence-electron chi connectivity index (χ0n) is 18.6. The van der Waals surface area contributed by atoms with Crippen LogP contribution in [-0.2, 0) is 11.3 Å². The number of aliphatic imine (C=N–C) groups is 1. The molecule has 3 heterocycles. The van der Waals surface area contributed by atoms with Gasteiger partial charge < -0.3 is 16.2 Å². The third-order valence-electron chi connectivity index (χ3n) is 5.95. The number of carbonyl (C=O) groups excluding carboxylic acids is 1. The number of esters is 1. The minimum atomic E-state index is -0.270. The van der Waals surface area contributed by atoms with Crippen LogP contribution in [0.2, 0.25) is 0 Å². The molecule has 0 bridgehead atoms. The van der Waals surface area contributed by atoms with Gasteiger partial charge in [-0.15, -0.1) is 0 Å². The lowest BCUT2D eigenvalue weighted by Gasteiger charge is -2.38. The number of nitrogens with one attached hydrogen (secondary N) is 1. The van der Waals surface area contributed by atoms with Crippen molar-refractivity contribution < 1.29 is 9.53 Å². The third-order valence-corrected chi connectivity index (χ3v) is 5.95. The summed E-state index contributed by atoms with van der Waals surface area (Å²) >= 11 is 0. The summed E-state index contributed by atoms with van der Waals surface area (Å²) in [6, 6.07) is 5.84. The van der Waals surface area contributed by atoms with E-state index in [1.807, 2.05) is 25.1 Å². The van der Waals surface area contributed by atoms with Crippen molar-refractivity contribution in [2.24, 2.45) is 16.5 Å². The number of aryl methyl sites for hydroxylation is 1. The molecule has 33 heavy (non-hydrogen) atoms. The molecule has 1 fully saturated rings. The number of hydrogen-bond donors (Lipinski definition) is 3. The number of benzene rings is 1. The number of fused-ring (bicyclic) bond motifs is 1. The summed E-state index contributed by atoms with van der Waals surface area (Å²) in [6.07, 6.45) is 4.37. The number of ether oxygens (including phenoxy) is 1. The van der Waals surface area contributed by atoms with Gasteiger partial charge in [0, 0.05) is 37.5 Å². The topological polar surface area (TPSA) is 156 Å². The van der Waals surface area contributed by atoms with E-state index in [1.165, 1.54) is 12.4 Å². The van der Waals surface area contributed by atoms with Crippen LogP contribution in [0.15, 0.2) is 35.1 Å². The van der Waals surface area contributed by atoms with Gasteiger partial charge in [-0.1, -0.05) is 6.07 Å². The maximum atomic E-state index is 11.9. The highest BCUT2D eigenvalue weighted by atomic mass is 16.5. The average molecular weight is 447 g/mol. The summed E-state index contributed by atoms with van der Waals surface area (Å²) in [7, 11) is 0. The van der Waals surface area contributed by atoms with Gasteiger partial charge in [0.05, 0.1) is 29.2 Å². The second kappa shape index (κ2) is 9.46. The summed E-state index contributed by atoms with van der Waals surface area (Å²) in [5.41, 5.74) is 17.7. The Labute approximate surface area is 192 Å². The van der Waals surface area contributed by atoms with Crippen LogP contribution in [0.1, 0.15) is 44.3 Å². The van der Waals surface area contributed by atoms with Crippen LogP contribution in [0.25, 0.3) is 0 Å². The van der Waals surface area contributed by atoms with Crippen molar-refractivity contribution >= 4 is 18.1 Å². The quantitative estimate of drug-likeness (QED) is 0.452. The van der Waals surface area contributed by atoms with Gasteiger partial charge >= 0.3 is 5.97 Å². The first-order chi connectivity index (χ1) is 15.9. The lowest BCUT2D eigenvalue weighted by molar-refractivity contribution is 0.0535. The van der Waals surface area contributed by atoms with Crippen molar-refractivity contribution in [2.75, 3.05) is 19.6 Å². The van der Waals surface area contributed by atoms with Gasteiger partial charge in [0.15, 0.2) is 0 Å². The Morgan fingerprint density at radius 3 is 2.97 bits per heavy atom. The lowest BCUT2D eigenvalue weighted by atomic mass is 9.92. The number of cyclic esters (lactones) is 1. The number of rotatable bonds is 5. The fraction of sp³-hybridized carbons (Fsp3) is 0.348. The second-order valence-electron chi connectivity index (χ2n) is 8.18. The highest BCUT2D eigenvalue weighted by Gasteiger charge is 2.30. The van der Waals surface area contributed by atoms with Gasteiger partial charge in [-0.05, 0) is 42.8 Å². The van der Waals surface area contributed by atoms with Crippen LogP contribution in [-0.4, -0.2) is 52.9 Å². The number of piperazine rings is 1. The molecule has 0 saturated carbocycles. The van der Waals surface area contributed by atoms with Gasteiger partial charge in [-0.2, -0.15) is 5.26 Å². The van der Waals surface area contributed by atoms with Crippen molar-refractivity contribution in [1.82, 2.24) is 20.2 Å². The highest BCUT2D eigenvalue weighted by molar-refractivity contribution is 5.94. The number of carbonyl (C=O) groups is 1. The molecular weight excluding hydrogens is 420 g/mol. The van der Waals surface area contributed by atoms with Gasteiger partial charge in [0.2, 0.25) is 5.95 Å². The monoisotopic (exact) mass is 446 g/mol. The first kappa shape index (κ1) is 22.5. The Kier molecular flexibility index (Phi) is 6.46. The van der Waals surface area contributed by atoms with Crippen LogP contribution in [0.5, 0.6) is 0 Å². The molecule has 1 saturated heterocycles. The van der Waals surface area contributed by atoms with E-state index in [2.05, 4.69) is 25.2 Å². The van der Waals surface area contributed by atoms with Crippen molar-refractivity contribution in [1.29, 1.82) is 5.26 Å². The van der Waals surface area contributed by atoms with Crippen molar-refractivity contribution in [3.63, 3.8) is 0 Å².